The molecule has 0 fully saturated rings. The van der Waals surface area contributed by atoms with Gasteiger partial charge in [-0.2, -0.15) is 0 Å². The summed E-state index contributed by atoms with van der Waals surface area (Å²) in [6.07, 6.45) is 0. The molecule has 0 rings (SSSR count). The summed E-state index contributed by atoms with van der Waals surface area (Å²) in [6.45, 7) is 0. The fourth-order valence-corrected chi connectivity index (χ4v) is 0. The van der Waals surface area contributed by atoms with Crippen molar-refractivity contribution in [1.29, 1.82) is 0 Å². The molecular formula is H8ClKO4. The molecule has 8 N–H and O–H groups in total. The molecule has 0 radical (unpaired) electrons. The Labute approximate surface area is 71.5 Å². The minimum atomic E-state index is 0. The predicted molar refractivity (Wildman–Crippen MR) is 26.1 cm³/mol. The van der Waals surface area contributed by atoms with Crippen LogP contribution in [0.5, 0.6) is 0 Å². The van der Waals surface area contributed by atoms with E-state index in [1.807, 2.05) is 0 Å². The van der Waals surface area contributed by atoms with Crippen molar-refractivity contribution in [1.82, 2.24) is 0 Å². The van der Waals surface area contributed by atoms with E-state index >= 15 is 0 Å². The summed E-state index contributed by atoms with van der Waals surface area (Å²) >= 11 is 0.535. The zero-order valence-corrected chi connectivity index (χ0v) is 7.26. The van der Waals surface area contributed by atoms with E-state index in [4.69, 9.17) is 3.76 Å². The first kappa shape index (κ1) is 46.5. The van der Waals surface area contributed by atoms with Gasteiger partial charge in [-0.1, -0.05) is 0 Å². The summed E-state index contributed by atoms with van der Waals surface area (Å²) in [5, 5.41) is 0. The Morgan fingerprint density at radius 2 is 0.667 bits per heavy atom. The average molecular weight is 147 g/mol. The Hall–Kier alpha value is 1.77. The van der Waals surface area contributed by atoms with E-state index in [0.29, 0.717) is 47.1 Å². The maximum absolute atomic E-state index is 4.83. The van der Waals surface area contributed by atoms with Gasteiger partial charge in [0.05, 0.1) is 0 Å². The molecule has 0 saturated carbocycles. The maximum atomic E-state index is 4.83. The van der Waals surface area contributed by atoms with Crippen LogP contribution in [0.25, 0.3) is 0 Å². The Bertz CT molecular complexity index is 7.51. The molecule has 0 amide bonds. The molecule has 0 spiro atoms. The normalized spacial score (nSPS) is 1.17. The molecule has 0 aliphatic heterocycles. The molecule has 0 aliphatic rings. The molecule has 0 aromatic heterocycles. The van der Waals surface area contributed by atoms with Crippen molar-refractivity contribution < 1.29 is 21.9 Å². The molecule has 0 heterocycles. The summed E-state index contributed by atoms with van der Waals surface area (Å²) in [4.78, 5) is 0. The Kier molecular flexibility index (Phi) is 558. The van der Waals surface area contributed by atoms with Crippen molar-refractivity contribution in [2.75, 3.05) is 0 Å². The van der Waals surface area contributed by atoms with Gasteiger partial charge in [-0.3, -0.25) is 0 Å². The zero-order chi connectivity index (χ0) is 2.00. The number of hydrogen-bond donors (Lipinski definition) is 0. The summed E-state index contributed by atoms with van der Waals surface area (Å²) in [5.41, 5.74) is 0. The third-order valence-electron chi connectivity index (χ3n) is 0. The number of halogens is 1. The van der Waals surface area contributed by atoms with Gasteiger partial charge in [0.1, 0.15) is 0 Å². The molecule has 0 aliphatic carbocycles. The average Bonchev–Trinajstić information content (AvgIpc) is 1.00. The van der Waals surface area contributed by atoms with E-state index in [9.17, 15) is 0 Å². The van der Waals surface area contributed by atoms with Gasteiger partial charge >= 0.3 is 50.9 Å². The van der Waals surface area contributed by atoms with Crippen LogP contribution in [0.4, 0.5) is 0 Å². The van der Waals surface area contributed by atoms with Gasteiger partial charge < -0.3 is 21.9 Å². The van der Waals surface area contributed by atoms with Crippen LogP contribution < -0.4 is 0 Å². The molecule has 0 aromatic rings. The quantitative estimate of drug-likeness (QED) is 0.323. The van der Waals surface area contributed by atoms with Gasteiger partial charge in [0.2, 0.25) is 0 Å². The van der Waals surface area contributed by atoms with Gasteiger partial charge in [-0.05, 0) is 0 Å². The van der Waals surface area contributed by atoms with Crippen LogP contribution in [0, 0.1) is 0 Å². The topological polar surface area (TPSA) is 126 Å². The molecule has 0 bridgehead atoms. The van der Waals surface area contributed by atoms with Crippen molar-refractivity contribution in [3.63, 3.8) is 0 Å². The van der Waals surface area contributed by atoms with Crippen LogP contribution in [0.15, 0.2) is 0 Å². The van der Waals surface area contributed by atoms with E-state index in [2.05, 4.69) is 0 Å². The van der Waals surface area contributed by atoms with Crippen LogP contribution >= 0.6 is 3.76 Å². The molecular weight excluding hydrogens is 139 g/mol. The Balaban J connectivity index is -0.000000000833. The first-order valence-corrected chi connectivity index (χ1v) is 4.68. The Morgan fingerprint density at radius 1 is 0.667 bits per heavy atom. The van der Waals surface area contributed by atoms with E-state index in [-0.39, 0.29) is 21.9 Å². The van der Waals surface area contributed by atoms with Crippen LogP contribution in [-0.2, 0) is 0 Å². The molecule has 0 aromatic carbocycles. The SMILES string of the molecule is O.O.O.O.[Cl][K]. The van der Waals surface area contributed by atoms with Gasteiger partial charge in [0.15, 0.2) is 0 Å². The third-order valence-corrected chi connectivity index (χ3v) is 0. The van der Waals surface area contributed by atoms with Crippen molar-refractivity contribution >= 4 is 50.9 Å². The molecule has 0 atom stereocenters. The standard InChI is InChI=1S/ClH.K.4H2O/h1H;;4*1H2/q;+1;;;;/p-1. The van der Waals surface area contributed by atoms with Gasteiger partial charge in [-0.15, -0.1) is 0 Å². The van der Waals surface area contributed by atoms with Crippen LogP contribution in [0.3, 0.4) is 0 Å². The summed E-state index contributed by atoms with van der Waals surface area (Å²) in [5.74, 6) is 0. The second kappa shape index (κ2) is 72.1. The van der Waals surface area contributed by atoms with Crippen LogP contribution in [0.2, 0.25) is 0 Å². The van der Waals surface area contributed by atoms with Gasteiger partial charge in [0.25, 0.3) is 0 Å². The molecule has 6 heavy (non-hydrogen) atoms. The van der Waals surface area contributed by atoms with Crippen molar-refractivity contribution in [3.8, 4) is 0 Å². The van der Waals surface area contributed by atoms with E-state index in [1.165, 1.54) is 0 Å². The van der Waals surface area contributed by atoms with Crippen molar-refractivity contribution in [2.24, 2.45) is 0 Å². The second-order valence-electron chi connectivity index (χ2n) is 0. The predicted octanol–water partition coefficient (Wildman–Crippen LogP) is -2.99. The number of rotatable bonds is 0. The fraction of sp³-hybridized carbons (Fsp3) is 0. The molecule has 40 valence electrons. The summed E-state index contributed by atoms with van der Waals surface area (Å²) in [6, 6.07) is 0. The fourth-order valence-electron chi connectivity index (χ4n) is 0. The monoisotopic (exact) mass is 146 g/mol. The minimum absolute atomic E-state index is 0. The van der Waals surface area contributed by atoms with E-state index in [0.717, 1.165) is 0 Å². The zero-order valence-electron chi connectivity index (χ0n) is 3.38. The third kappa shape index (κ3) is 42.0. The summed E-state index contributed by atoms with van der Waals surface area (Å²) in [7, 11) is 0. The molecule has 6 heteroatoms. The van der Waals surface area contributed by atoms with Crippen molar-refractivity contribution in [3.05, 3.63) is 0 Å². The summed E-state index contributed by atoms with van der Waals surface area (Å²) < 4.78 is 4.83. The van der Waals surface area contributed by atoms with Crippen LogP contribution in [0.1, 0.15) is 0 Å². The van der Waals surface area contributed by atoms with E-state index < -0.39 is 0 Å². The van der Waals surface area contributed by atoms with E-state index in [1.54, 1.807) is 0 Å². The number of hydrogen-bond acceptors (Lipinski definition) is 0. The van der Waals surface area contributed by atoms with Crippen LogP contribution in [-0.4, -0.2) is 69.0 Å². The molecule has 0 unspecified atom stereocenters. The van der Waals surface area contributed by atoms with Gasteiger partial charge in [0, 0.05) is 0 Å². The Morgan fingerprint density at radius 3 is 0.667 bits per heavy atom. The second-order valence-corrected chi connectivity index (χ2v) is 0. The molecule has 4 nitrogen and oxygen atoms in total. The first-order chi connectivity index (χ1) is 1.00. The van der Waals surface area contributed by atoms with Gasteiger partial charge in [-0.25, -0.2) is 0 Å². The first-order valence-electron chi connectivity index (χ1n) is 0.378. The van der Waals surface area contributed by atoms with Crippen molar-refractivity contribution in [2.45, 2.75) is 0 Å². The molecule has 0 saturated heterocycles.